The molecule has 4 atom stereocenters. The van der Waals surface area contributed by atoms with E-state index in [4.69, 9.17) is 0 Å². The van der Waals surface area contributed by atoms with Gasteiger partial charge in [-0.3, -0.25) is 0 Å². The fraction of sp³-hybridized carbons (Fsp3) is 0.846. The summed E-state index contributed by atoms with van der Waals surface area (Å²) in [5.74, 6) is 2.80. The molecule has 1 heterocycles. The van der Waals surface area contributed by atoms with Crippen molar-refractivity contribution < 1.29 is 0 Å². The van der Waals surface area contributed by atoms with Crippen LogP contribution in [0.3, 0.4) is 0 Å². The van der Waals surface area contributed by atoms with Crippen LogP contribution in [-0.4, -0.2) is 17.0 Å². The summed E-state index contributed by atoms with van der Waals surface area (Å²) in [6.07, 6.45) is 6.97. The first-order valence-electron chi connectivity index (χ1n) is 6.17. The minimum atomic E-state index is 0.714. The zero-order valence-electron chi connectivity index (χ0n) is 9.53. The van der Waals surface area contributed by atoms with Gasteiger partial charge in [-0.2, -0.15) is 0 Å². The summed E-state index contributed by atoms with van der Waals surface area (Å²) in [7, 11) is 0. The average molecular weight is 191 g/mol. The van der Waals surface area contributed by atoms with E-state index in [1.165, 1.54) is 19.3 Å². The molecule has 2 bridgehead atoms. The first-order chi connectivity index (χ1) is 6.66. The molecule has 0 N–H and O–H groups in total. The van der Waals surface area contributed by atoms with Crippen LogP contribution >= 0.6 is 0 Å². The Bertz CT molecular complexity index is 279. The van der Waals surface area contributed by atoms with E-state index in [0.717, 1.165) is 23.8 Å². The minimum Gasteiger partial charge on any atom is -0.369 e. The quantitative estimate of drug-likeness (QED) is 0.616. The third-order valence-corrected chi connectivity index (χ3v) is 4.38. The largest absolute Gasteiger partial charge is 0.369 e. The fourth-order valence-corrected chi connectivity index (χ4v) is 4.01. The SMILES string of the molecule is CC1C=C2C3CC(C1)CC3N2C(C)C. The lowest BCUT2D eigenvalue weighted by molar-refractivity contribution is 0.0711. The molecule has 3 aliphatic rings. The highest BCUT2D eigenvalue weighted by molar-refractivity contribution is 5.26. The van der Waals surface area contributed by atoms with Crippen LogP contribution in [0.15, 0.2) is 11.8 Å². The summed E-state index contributed by atoms with van der Waals surface area (Å²) in [4.78, 5) is 2.68. The summed E-state index contributed by atoms with van der Waals surface area (Å²) in [5.41, 5.74) is 1.69. The normalized spacial score (nSPS) is 44.9. The number of fused-ring (bicyclic) bond motifs is 1. The van der Waals surface area contributed by atoms with Gasteiger partial charge < -0.3 is 4.90 Å². The highest BCUT2D eigenvalue weighted by atomic mass is 15.3. The van der Waals surface area contributed by atoms with Crippen LogP contribution in [0.5, 0.6) is 0 Å². The number of allylic oxidation sites excluding steroid dienone is 1. The molecule has 1 nitrogen and oxygen atoms in total. The van der Waals surface area contributed by atoms with Gasteiger partial charge in [0.2, 0.25) is 0 Å². The monoisotopic (exact) mass is 191 g/mol. The molecule has 1 aliphatic heterocycles. The predicted molar refractivity (Wildman–Crippen MR) is 58.8 cm³/mol. The minimum absolute atomic E-state index is 0.714. The lowest BCUT2D eigenvalue weighted by Gasteiger charge is -2.52. The molecule has 0 amide bonds. The standard InChI is InChI=1S/C13H21N/c1-8(2)14-12-5-9(3)4-10-6-11(12)13(14)7-10/h5,8-11,13H,4,6-7H2,1-3H3. The van der Waals surface area contributed by atoms with E-state index < -0.39 is 0 Å². The molecule has 1 heteroatoms. The van der Waals surface area contributed by atoms with Crippen molar-refractivity contribution in [2.45, 2.75) is 52.1 Å². The highest BCUT2D eigenvalue weighted by Crippen LogP contribution is 2.54. The maximum absolute atomic E-state index is 2.68. The molecule has 0 aromatic carbocycles. The summed E-state index contributed by atoms with van der Waals surface area (Å²) in [6.45, 7) is 7.06. The molecule has 3 rings (SSSR count). The highest BCUT2D eigenvalue weighted by Gasteiger charge is 2.51. The van der Waals surface area contributed by atoms with E-state index in [2.05, 4.69) is 31.7 Å². The molecule has 14 heavy (non-hydrogen) atoms. The van der Waals surface area contributed by atoms with E-state index >= 15 is 0 Å². The number of nitrogens with zero attached hydrogens (tertiary/aromatic N) is 1. The van der Waals surface area contributed by atoms with Gasteiger partial charge in [0.05, 0.1) is 0 Å². The Balaban J connectivity index is 1.94. The zero-order valence-corrected chi connectivity index (χ0v) is 9.53. The van der Waals surface area contributed by atoms with E-state index in [1.807, 2.05) is 0 Å². The molecule has 0 radical (unpaired) electrons. The van der Waals surface area contributed by atoms with Crippen LogP contribution < -0.4 is 0 Å². The molecule has 0 aromatic rings. The van der Waals surface area contributed by atoms with Crippen molar-refractivity contribution in [3.8, 4) is 0 Å². The van der Waals surface area contributed by atoms with Gasteiger partial charge in [-0.1, -0.05) is 13.0 Å². The van der Waals surface area contributed by atoms with Crippen molar-refractivity contribution in [2.24, 2.45) is 17.8 Å². The second kappa shape index (κ2) is 2.77. The Labute approximate surface area is 87.2 Å². The number of likely N-dealkylation sites (tertiary alicyclic amines) is 1. The summed E-state index contributed by atoms with van der Waals surface area (Å²) in [5, 5.41) is 0. The second-order valence-corrected chi connectivity index (χ2v) is 5.82. The lowest BCUT2D eigenvalue weighted by atomic mass is 9.83. The van der Waals surface area contributed by atoms with Gasteiger partial charge in [0.15, 0.2) is 0 Å². The van der Waals surface area contributed by atoms with Crippen molar-refractivity contribution in [3.63, 3.8) is 0 Å². The second-order valence-electron chi connectivity index (χ2n) is 5.82. The molecule has 0 aromatic heterocycles. The summed E-state index contributed by atoms with van der Waals surface area (Å²) >= 11 is 0. The predicted octanol–water partition coefficient (Wildman–Crippen LogP) is 3.03. The summed E-state index contributed by atoms with van der Waals surface area (Å²) < 4.78 is 0. The number of hydrogen-bond acceptors (Lipinski definition) is 1. The Kier molecular flexibility index (Phi) is 1.75. The van der Waals surface area contributed by atoms with Crippen molar-refractivity contribution in [1.82, 2.24) is 4.90 Å². The van der Waals surface area contributed by atoms with Crippen LogP contribution in [0.2, 0.25) is 0 Å². The topological polar surface area (TPSA) is 3.24 Å². The van der Waals surface area contributed by atoms with Crippen molar-refractivity contribution in [2.75, 3.05) is 0 Å². The number of rotatable bonds is 1. The molecule has 78 valence electrons. The molecular weight excluding hydrogens is 170 g/mol. The van der Waals surface area contributed by atoms with E-state index in [1.54, 1.807) is 5.70 Å². The summed E-state index contributed by atoms with van der Waals surface area (Å²) in [6, 6.07) is 1.63. The third-order valence-electron chi connectivity index (χ3n) is 4.38. The van der Waals surface area contributed by atoms with Crippen molar-refractivity contribution in [3.05, 3.63) is 11.8 Å². The third kappa shape index (κ3) is 1.01. The van der Waals surface area contributed by atoms with Crippen LogP contribution in [-0.2, 0) is 0 Å². The van der Waals surface area contributed by atoms with Crippen molar-refractivity contribution >= 4 is 0 Å². The lowest BCUT2D eigenvalue weighted by Crippen LogP contribution is -2.54. The molecular formula is C13H21N. The fourth-order valence-electron chi connectivity index (χ4n) is 4.01. The van der Waals surface area contributed by atoms with Crippen LogP contribution in [0.4, 0.5) is 0 Å². The van der Waals surface area contributed by atoms with Crippen LogP contribution in [0.25, 0.3) is 0 Å². The maximum Gasteiger partial charge on any atom is 0.0375 e. The van der Waals surface area contributed by atoms with Gasteiger partial charge in [0, 0.05) is 23.7 Å². The smallest absolute Gasteiger partial charge is 0.0375 e. The van der Waals surface area contributed by atoms with E-state index in [-0.39, 0.29) is 0 Å². The van der Waals surface area contributed by atoms with E-state index in [0.29, 0.717) is 6.04 Å². The maximum atomic E-state index is 2.68. The van der Waals surface area contributed by atoms with Gasteiger partial charge in [0.25, 0.3) is 0 Å². The molecule has 2 fully saturated rings. The van der Waals surface area contributed by atoms with Gasteiger partial charge in [0.1, 0.15) is 0 Å². The zero-order chi connectivity index (χ0) is 9.87. The molecule has 1 saturated heterocycles. The Morgan fingerprint density at radius 1 is 1.29 bits per heavy atom. The van der Waals surface area contributed by atoms with Crippen LogP contribution in [0, 0.1) is 17.8 Å². The van der Waals surface area contributed by atoms with Crippen molar-refractivity contribution in [1.29, 1.82) is 0 Å². The van der Waals surface area contributed by atoms with Gasteiger partial charge in [-0.05, 0) is 44.9 Å². The Morgan fingerprint density at radius 3 is 2.79 bits per heavy atom. The number of hydrogen-bond donors (Lipinski definition) is 0. The molecule has 2 aliphatic carbocycles. The van der Waals surface area contributed by atoms with Gasteiger partial charge in [-0.25, -0.2) is 0 Å². The first kappa shape index (κ1) is 8.82. The van der Waals surface area contributed by atoms with Crippen LogP contribution in [0.1, 0.15) is 40.0 Å². The molecule has 0 spiro atoms. The average Bonchev–Trinajstić information content (AvgIpc) is 2.31. The molecule has 4 unspecified atom stereocenters. The van der Waals surface area contributed by atoms with Gasteiger partial charge in [-0.15, -0.1) is 0 Å². The van der Waals surface area contributed by atoms with Gasteiger partial charge >= 0.3 is 0 Å². The van der Waals surface area contributed by atoms with E-state index in [9.17, 15) is 0 Å². The molecule has 1 saturated carbocycles. The Morgan fingerprint density at radius 2 is 2.07 bits per heavy atom. The first-order valence-corrected chi connectivity index (χ1v) is 6.17. The Hall–Kier alpha value is -0.460.